The van der Waals surface area contributed by atoms with E-state index in [1.54, 1.807) is 0 Å². The molecule has 0 bridgehead atoms. The molecule has 0 atom stereocenters. The van der Waals surface area contributed by atoms with Gasteiger partial charge in [0.15, 0.2) is 17.9 Å². The first-order valence-corrected chi connectivity index (χ1v) is 5.31. The van der Waals surface area contributed by atoms with Crippen molar-refractivity contribution in [2.75, 3.05) is 0 Å². The lowest BCUT2D eigenvalue weighted by molar-refractivity contribution is 0.111. The molecule has 0 spiro atoms. The van der Waals surface area contributed by atoms with E-state index in [4.69, 9.17) is 4.74 Å². The van der Waals surface area contributed by atoms with E-state index in [1.807, 2.05) is 30.3 Å². The van der Waals surface area contributed by atoms with Gasteiger partial charge in [0.25, 0.3) is 0 Å². The van der Waals surface area contributed by atoms with E-state index >= 15 is 0 Å². The number of carbonyl (C=O) groups is 1. The molecule has 0 aliphatic carbocycles. The van der Waals surface area contributed by atoms with Crippen LogP contribution in [-0.4, -0.2) is 6.29 Å². The van der Waals surface area contributed by atoms with E-state index in [0.717, 1.165) is 11.6 Å². The van der Waals surface area contributed by atoms with E-state index in [2.05, 4.69) is 0 Å². The van der Waals surface area contributed by atoms with Crippen LogP contribution in [0.5, 0.6) is 5.75 Å². The van der Waals surface area contributed by atoms with E-state index in [0.29, 0.717) is 12.4 Å². The quantitative estimate of drug-likeness (QED) is 0.775. The van der Waals surface area contributed by atoms with Crippen LogP contribution in [0.4, 0.5) is 8.78 Å². The summed E-state index contributed by atoms with van der Waals surface area (Å²) in [6.07, 6.45) is 0.368. The molecule has 2 nitrogen and oxygen atoms in total. The first kappa shape index (κ1) is 12.2. The molecular formula is C14H10F2O2. The van der Waals surface area contributed by atoms with E-state index in [-0.39, 0.29) is 17.9 Å². The first-order chi connectivity index (χ1) is 8.70. The smallest absolute Gasteiger partial charge is 0.168 e. The molecule has 0 radical (unpaired) electrons. The van der Waals surface area contributed by atoms with Gasteiger partial charge in [0.2, 0.25) is 0 Å². The van der Waals surface area contributed by atoms with Crippen LogP contribution in [-0.2, 0) is 6.61 Å². The topological polar surface area (TPSA) is 26.3 Å². The fraction of sp³-hybridized carbons (Fsp3) is 0.0714. The lowest BCUT2D eigenvalue weighted by Crippen LogP contribution is -2.01. The zero-order chi connectivity index (χ0) is 13.0. The van der Waals surface area contributed by atoms with Crippen molar-refractivity contribution in [3.05, 3.63) is 65.2 Å². The Labute approximate surface area is 103 Å². The molecule has 0 saturated carbocycles. The Hall–Kier alpha value is -2.23. The molecule has 2 aromatic carbocycles. The molecule has 92 valence electrons. The summed E-state index contributed by atoms with van der Waals surface area (Å²) in [7, 11) is 0. The van der Waals surface area contributed by atoms with Crippen molar-refractivity contribution < 1.29 is 18.3 Å². The standard InChI is InChI=1S/C14H10F2O2/c15-12-6-11(8-17)14(13(16)7-12)18-9-10-4-2-1-3-5-10/h1-8H,9H2. The maximum Gasteiger partial charge on any atom is 0.168 e. The fourth-order valence-corrected chi connectivity index (χ4v) is 1.55. The number of benzene rings is 2. The number of hydrogen-bond acceptors (Lipinski definition) is 2. The van der Waals surface area contributed by atoms with Gasteiger partial charge in [-0.15, -0.1) is 0 Å². The summed E-state index contributed by atoms with van der Waals surface area (Å²) in [5.74, 6) is -1.91. The summed E-state index contributed by atoms with van der Waals surface area (Å²) in [6.45, 7) is 0.115. The molecule has 0 unspecified atom stereocenters. The lowest BCUT2D eigenvalue weighted by atomic mass is 10.2. The van der Waals surface area contributed by atoms with Crippen LogP contribution in [0, 0.1) is 11.6 Å². The maximum absolute atomic E-state index is 13.5. The monoisotopic (exact) mass is 248 g/mol. The number of aldehydes is 1. The van der Waals surface area contributed by atoms with Crippen molar-refractivity contribution in [1.82, 2.24) is 0 Å². The molecule has 0 aliphatic rings. The number of hydrogen-bond donors (Lipinski definition) is 0. The average molecular weight is 248 g/mol. The Morgan fingerprint density at radius 3 is 2.50 bits per heavy atom. The van der Waals surface area contributed by atoms with Gasteiger partial charge in [-0.2, -0.15) is 0 Å². The first-order valence-electron chi connectivity index (χ1n) is 5.31. The SMILES string of the molecule is O=Cc1cc(F)cc(F)c1OCc1ccccc1. The van der Waals surface area contributed by atoms with E-state index in [9.17, 15) is 13.6 Å². The van der Waals surface area contributed by atoms with Crippen LogP contribution in [0.1, 0.15) is 15.9 Å². The second kappa shape index (κ2) is 5.40. The third-order valence-electron chi connectivity index (χ3n) is 2.39. The highest BCUT2D eigenvalue weighted by atomic mass is 19.1. The summed E-state index contributed by atoms with van der Waals surface area (Å²) < 4.78 is 31.6. The van der Waals surface area contributed by atoms with Crippen molar-refractivity contribution in [1.29, 1.82) is 0 Å². The van der Waals surface area contributed by atoms with Gasteiger partial charge in [-0.25, -0.2) is 8.78 Å². The van der Waals surface area contributed by atoms with E-state index < -0.39 is 11.6 Å². The number of rotatable bonds is 4. The Balaban J connectivity index is 2.21. The summed E-state index contributed by atoms with van der Waals surface area (Å²) in [4.78, 5) is 10.7. The molecule has 0 amide bonds. The van der Waals surface area contributed by atoms with Crippen LogP contribution in [0.15, 0.2) is 42.5 Å². The average Bonchev–Trinajstić information content (AvgIpc) is 2.38. The molecule has 4 heteroatoms. The Morgan fingerprint density at radius 1 is 1.11 bits per heavy atom. The number of carbonyl (C=O) groups excluding carboxylic acids is 1. The molecular weight excluding hydrogens is 238 g/mol. The van der Waals surface area contributed by atoms with Gasteiger partial charge in [-0.1, -0.05) is 30.3 Å². The highest BCUT2D eigenvalue weighted by molar-refractivity contribution is 5.79. The molecule has 2 rings (SSSR count). The minimum Gasteiger partial charge on any atom is -0.485 e. The van der Waals surface area contributed by atoms with Gasteiger partial charge in [0, 0.05) is 6.07 Å². The second-order valence-electron chi connectivity index (χ2n) is 3.70. The Kier molecular flexibility index (Phi) is 3.67. The zero-order valence-electron chi connectivity index (χ0n) is 9.40. The van der Waals surface area contributed by atoms with Gasteiger partial charge in [-0.3, -0.25) is 4.79 Å². The van der Waals surface area contributed by atoms with Crippen molar-refractivity contribution >= 4 is 6.29 Å². The molecule has 2 aromatic rings. The normalized spacial score (nSPS) is 10.1. The van der Waals surface area contributed by atoms with Crippen LogP contribution < -0.4 is 4.74 Å². The highest BCUT2D eigenvalue weighted by Crippen LogP contribution is 2.23. The minimum atomic E-state index is -0.881. The highest BCUT2D eigenvalue weighted by Gasteiger charge is 2.12. The molecule has 0 N–H and O–H groups in total. The molecule has 0 aromatic heterocycles. The largest absolute Gasteiger partial charge is 0.485 e. The third-order valence-corrected chi connectivity index (χ3v) is 2.39. The summed E-state index contributed by atoms with van der Waals surface area (Å²) >= 11 is 0. The molecule has 0 heterocycles. The molecule has 0 aliphatic heterocycles. The van der Waals surface area contributed by atoms with Crippen molar-refractivity contribution in [3.63, 3.8) is 0 Å². The molecule has 0 saturated heterocycles. The predicted molar refractivity (Wildman–Crippen MR) is 62.5 cm³/mol. The van der Waals surface area contributed by atoms with Gasteiger partial charge >= 0.3 is 0 Å². The lowest BCUT2D eigenvalue weighted by Gasteiger charge is -2.09. The van der Waals surface area contributed by atoms with Gasteiger partial charge < -0.3 is 4.74 Å². The number of ether oxygens (including phenoxy) is 1. The summed E-state index contributed by atoms with van der Waals surface area (Å²) in [5, 5.41) is 0. The maximum atomic E-state index is 13.5. The van der Waals surface area contributed by atoms with Crippen LogP contribution >= 0.6 is 0 Å². The Bertz CT molecular complexity index is 553. The van der Waals surface area contributed by atoms with Gasteiger partial charge in [-0.05, 0) is 11.6 Å². The van der Waals surface area contributed by atoms with Crippen molar-refractivity contribution in [2.24, 2.45) is 0 Å². The zero-order valence-corrected chi connectivity index (χ0v) is 9.40. The second-order valence-corrected chi connectivity index (χ2v) is 3.70. The van der Waals surface area contributed by atoms with Crippen molar-refractivity contribution in [2.45, 2.75) is 6.61 Å². The van der Waals surface area contributed by atoms with E-state index in [1.165, 1.54) is 0 Å². The summed E-state index contributed by atoms with van der Waals surface area (Å²) in [6, 6.07) is 10.7. The molecule has 18 heavy (non-hydrogen) atoms. The molecule has 0 fully saturated rings. The predicted octanol–water partition coefficient (Wildman–Crippen LogP) is 3.36. The van der Waals surface area contributed by atoms with Crippen LogP contribution in [0.2, 0.25) is 0 Å². The third kappa shape index (κ3) is 2.71. The van der Waals surface area contributed by atoms with Gasteiger partial charge in [0.05, 0.1) is 5.56 Å². The van der Waals surface area contributed by atoms with Gasteiger partial charge in [0.1, 0.15) is 12.4 Å². The van der Waals surface area contributed by atoms with Crippen molar-refractivity contribution in [3.8, 4) is 5.75 Å². The Morgan fingerprint density at radius 2 is 1.83 bits per heavy atom. The summed E-state index contributed by atoms with van der Waals surface area (Å²) in [5.41, 5.74) is 0.696. The number of halogens is 2. The fourth-order valence-electron chi connectivity index (χ4n) is 1.55. The van der Waals surface area contributed by atoms with Crippen LogP contribution in [0.25, 0.3) is 0 Å². The minimum absolute atomic E-state index is 0.115. The van der Waals surface area contributed by atoms with Crippen LogP contribution in [0.3, 0.4) is 0 Å².